The van der Waals surface area contributed by atoms with E-state index in [1.807, 2.05) is 12.2 Å². The number of morpholine rings is 1. The Labute approximate surface area is 137 Å². The van der Waals surface area contributed by atoms with Gasteiger partial charge in [0.05, 0.1) is 13.2 Å². The molecule has 0 aromatic heterocycles. The molecule has 2 fully saturated rings. The van der Waals surface area contributed by atoms with Crippen LogP contribution >= 0.6 is 0 Å². The van der Waals surface area contributed by atoms with E-state index in [1.165, 1.54) is 5.57 Å². The van der Waals surface area contributed by atoms with Crippen LogP contribution in [-0.2, 0) is 14.3 Å². The molecule has 126 valence electrons. The van der Waals surface area contributed by atoms with E-state index < -0.39 is 0 Å². The molecule has 0 aromatic rings. The van der Waals surface area contributed by atoms with Gasteiger partial charge >= 0.3 is 0 Å². The highest BCUT2D eigenvalue weighted by atomic mass is 16.5. The predicted octanol–water partition coefficient (Wildman–Crippen LogP) is 0.730. The molecule has 23 heavy (non-hydrogen) atoms. The smallest absolute Gasteiger partial charge is 0.249 e. The first-order valence-electron chi connectivity index (χ1n) is 7.98. The van der Waals surface area contributed by atoms with Gasteiger partial charge in [-0.15, -0.1) is 0 Å². The van der Waals surface area contributed by atoms with Crippen LogP contribution in [0.15, 0.2) is 36.1 Å². The van der Waals surface area contributed by atoms with Gasteiger partial charge in [0.2, 0.25) is 11.8 Å². The van der Waals surface area contributed by atoms with Crippen molar-refractivity contribution in [1.29, 1.82) is 0 Å². The van der Waals surface area contributed by atoms with Crippen LogP contribution in [0.5, 0.6) is 0 Å². The second kappa shape index (κ2) is 8.64. The Balaban J connectivity index is 1.89. The van der Waals surface area contributed by atoms with Gasteiger partial charge in [0.25, 0.3) is 0 Å². The third kappa shape index (κ3) is 5.65. The number of nitrogens with zero attached hydrogens (tertiary/aromatic N) is 1. The number of carbonyl (C=O) groups is 2. The SMILES string of the molecule is C=C/C(=C\C=C(/C)CN1CCOCC1)NC1CCC(=O)NC1=O. The minimum atomic E-state index is -0.384. The maximum atomic E-state index is 11.8. The lowest BCUT2D eigenvalue weighted by Crippen LogP contribution is -2.50. The normalized spacial score (nSPS) is 24.3. The molecule has 2 aliphatic rings. The number of carbonyl (C=O) groups excluding carboxylic acids is 2. The Bertz CT molecular complexity index is 519. The van der Waals surface area contributed by atoms with Gasteiger partial charge in [-0.1, -0.05) is 18.2 Å². The Morgan fingerprint density at radius 2 is 2.13 bits per heavy atom. The first-order chi connectivity index (χ1) is 11.1. The third-order valence-electron chi connectivity index (χ3n) is 3.92. The highest BCUT2D eigenvalue weighted by molar-refractivity contribution is 6.00. The summed E-state index contributed by atoms with van der Waals surface area (Å²) in [5.74, 6) is -0.485. The number of rotatable bonds is 6. The zero-order valence-electron chi connectivity index (χ0n) is 13.6. The molecule has 6 heteroatoms. The van der Waals surface area contributed by atoms with Gasteiger partial charge in [-0.05, 0) is 25.5 Å². The third-order valence-corrected chi connectivity index (χ3v) is 3.92. The second-order valence-corrected chi connectivity index (χ2v) is 5.88. The maximum Gasteiger partial charge on any atom is 0.249 e. The summed E-state index contributed by atoms with van der Waals surface area (Å²) in [6.07, 6.45) is 6.51. The summed E-state index contributed by atoms with van der Waals surface area (Å²) < 4.78 is 5.34. The average molecular weight is 319 g/mol. The number of imide groups is 1. The largest absolute Gasteiger partial charge is 0.379 e. The van der Waals surface area contributed by atoms with Crippen LogP contribution in [0.2, 0.25) is 0 Å². The number of ether oxygens (including phenoxy) is 1. The first-order valence-corrected chi connectivity index (χ1v) is 7.98. The van der Waals surface area contributed by atoms with E-state index in [2.05, 4.69) is 29.0 Å². The quantitative estimate of drug-likeness (QED) is 0.558. The molecule has 0 saturated carbocycles. The zero-order chi connectivity index (χ0) is 16.7. The molecule has 2 aliphatic heterocycles. The standard InChI is InChI=1S/C17H25N3O3/c1-3-14(18-15-6-7-16(21)19-17(15)22)5-4-13(2)12-20-8-10-23-11-9-20/h3-5,15,18H,1,6-12H2,2H3,(H,19,21,22)/b13-4+,14-5+. The number of hydrogen-bond acceptors (Lipinski definition) is 5. The monoisotopic (exact) mass is 319 g/mol. The fourth-order valence-corrected chi connectivity index (χ4v) is 2.60. The van der Waals surface area contributed by atoms with E-state index in [-0.39, 0.29) is 17.9 Å². The van der Waals surface area contributed by atoms with Crippen molar-refractivity contribution in [3.8, 4) is 0 Å². The van der Waals surface area contributed by atoms with Crippen LogP contribution in [0.3, 0.4) is 0 Å². The minimum Gasteiger partial charge on any atom is -0.379 e. The molecule has 0 radical (unpaired) electrons. The van der Waals surface area contributed by atoms with E-state index >= 15 is 0 Å². The van der Waals surface area contributed by atoms with Crippen LogP contribution < -0.4 is 10.6 Å². The van der Waals surface area contributed by atoms with Gasteiger partial charge in [0.1, 0.15) is 6.04 Å². The zero-order valence-corrected chi connectivity index (χ0v) is 13.6. The highest BCUT2D eigenvalue weighted by Crippen LogP contribution is 2.08. The molecule has 6 nitrogen and oxygen atoms in total. The molecule has 0 spiro atoms. The highest BCUT2D eigenvalue weighted by Gasteiger charge is 2.26. The Kier molecular flexibility index (Phi) is 6.55. The van der Waals surface area contributed by atoms with Crippen molar-refractivity contribution in [2.24, 2.45) is 0 Å². The summed E-state index contributed by atoms with van der Waals surface area (Å²) in [5, 5.41) is 5.48. The van der Waals surface area contributed by atoms with Gasteiger partial charge in [-0.2, -0.15) is 0 Å². The van der Waals surface area contributed by atoms with E-state index in [4.69, 9.17) is 4.74 Å². The van der Waals surface area contributed by atoms with Crippen molar-refractivity contribution in [2.45, 2.75) is 25.8 Å². The molecule has 2 amide bonds. The summed E-state index contributed by atoms with van der Waals surface area (Å²) in [4.78, 5) is 25.3. The molecule has 0 aliphatic carbocycles. The van der Waals surface area contributed by atoms with Gasteiger partial charge in [0, 0.05) is 31.8 Å². The fourth-order valence-electron chi connectivity index (χ4n) is 2.60. The van der Waals surface area contributed by atoms with E-state index in [1.54, 1.807) is 6.08 Å². The number of amides is 2. The van der Waals surface area contributed by atoms with E-state index in [0.717, 1.165) is 38.5 Å². The molecular weight excluding hydrogens is 294 g/mol. The second-order valence-electron chi connectivity index (χ2n) is 5.88. The predicted molar refractivity (Wildman–Crippen MR) is 88.6 cm³/mol. The van der Waals surface area contributed by atoms with Crippen LogP contribution in [0.4, 0.5) is 0 Å². The van der Waals surface area contributed by atoms with Crippen molar-refractivity contribution in [3.05, 3.63) is 36.1 Å². The van der Waals surface area contributed by atoms with E-state index in [0.29, 0.717) is 12.8 Å². The molecule has 2 heterocycles. The van der Waals surface area contributed by atoms with Crippen LogP contribution in [0.25, 0.3) is 0 Å². The van der Waals surface area contributed by atoms with Gasteiger partial charge < -0.3 is 10.1 Å². The lowest BCUT2D eigenvalue weighted by atomic mass is 10.1. The minimum absolute atomic E-state index is 0.210. The molecular formula is C17H25N3O3. The lowest BCUT2D eigenvalue weighted by molar-refractivity contribution is -0.134. The number of nitrogens with one attached hydrogen (secondary N) is 2. The summed E-state index contributed by atoms with van der Waals surface area (Å²) in [6.45, 7) is 10.3. The molecule has 1 unspecified atom stereocenters. The molecule has 2 saturated heterocycles. The molecule has 2 N–H and O–H groups in total. The number of piperidine rings is 1. The van der Waals surface area contributed by atoms with Crippen molar-refractivity contribution in [2.75, 3.05) is 32.8 Å². The molecule has 0 bridgehead atoms. The first kappa shape index (κ1) is 17.4. The van der Waals surface area contributed by atoms with Crippen molar-refractivity contribution >= 4 is 11.8 Å². The van der Waals surface area contributed by atoms with Gasteiger partial charge in [-0.25, -0.2) is 0 Å². The lowest BCUT2D eigenvalue weighted by Gasteiger charge is -2.26. The molecule has 1 atom stereocenters. The topological polar surface area (TPSA) is 70.7 Å². The maximum absolute atomic E-state index is 11.8. The summed E-state index contributed by atoms with van der Waals surface area (Å²) in [6, 6.07) is -0.384. The van der Waals surface area contributed by atoms with Crippen LogP contribution in [0.1, 0.15) is 19.8 Å². The van der Waals surface area contributed by atoms with Crippen molar-refractivity contribution in [1.82, 2.24) is 15.5 Å². The van der Waals surface area contributed by atoms with Crippen molar-refractivity contribution < 1.29 is 14.3 Å². The Hall–Kier alpha value is -1.92. The van der Waals surface area contributed by atoms with Crippen LogP contribution in [-0.4, -0.2) is 55.6 Å². The van der Waals surface area contributed by atoms with Crippen molar-refractivity contribution in [3.63, 3.8) is 0 Å². The average Bonchev–Trinajstić information content (AvgIpc) is 2.54. The Morgan fingerprint density at radius 3 is 2.78 bits per heavy atom. The van der Waals surface area contributed by atoms with E-state index in [9.17, 15) is 9.59 Å². The molecule has 0 aromatic carbocycles. The number of hydrogen-bond donors (Lipinski definition) is 2. The number of allylic oxidation sites excluding steroid dienone is 3. The Morgan fingerprint density at radius 1 is 1.39 bits per heavy atom. The summed E-state index contributed by atoms with van der Waals surface area (Å²) >= 11 is 0. The van der Waals surface area contributed by atoms with Gasteiger partial charge in [0.15, 0.2) is 0 Å². The van der Waals surface area contributed by atoms with Gasteiger partial charge in [-0.3, -0.25) is 19.8 Å². The molecule has 2 rings (SSSR count). The summed E-state index contributed by atoms with van der Waals surface area (Å²) in [5.41, 5.74) is 2.01. The fraction of sp³-hybridized carbons (Fsp3) is 0.529. The van der Waals surface area contributed by atoms with Crippen LogP contribution in [0, 0.1) is 0 Å². The summed E-state index contributed by atoms with van der Waals surface area (Å²) in [7, 11) is 0.